The highest BCUT2D eigenvalue weighted by atomic mass is 32.1. The van der Waals surface area contributed by atoms with Crippen LogP contribution in [0.15, 0.2) is 120 Å². The minimum absolute atomic E-state index is 0.0236. The average molecular weight is 983 g/mol. The second-order valence-corrected chi connectivity index (χ2v) is 20.9. The number of carbonyl (C=O) groups is 3. The van der Waals surface area contributed by atoms with Gasteiger partial charge in [0.2, 0.25) is 0 Å². The zero-order valence-electron chi connectivity index (χ0n) is 39.5. The predicted octanol–water partition coefficient (Wildman–Crippen LogP) is 8.65. The number of likely N-dealkylation sites (tertiary alicyclic amines) is 2. The third-order valence-corrected chi connectivity index (χ3v) is 16.9. The van der Waals surface area contributed by atoms with Gasteiger partial charge in [0, 0.05) is 86.3 Å². The summed E-state index contributed by atoms with van der Waals surface area (Å²) in [4.78, 5) is 65.6. The lowest BCUT2D eigenvalue weighted by Gasteiger charge is -2.41. The summed E-state index contributed by atoms with van der Waals surface area (Å²) in [5, 5.41) is 5.73. The van der Waals surface area contributed by atoms with Gasteiger partial charge < -0.3 is 19.6 Å². The Morgan fingerprint density at radius 3 is 1.20 bits per heavy atom. The molecule has 10 rings (SSSR count). The molecule has 70 heavy (non-hydrogen) atoms. The van der Waals surface area contributed by atoms with Crippen LogP contribution in [0.5, 0.6) is 0 Å². The summed E-state index contributed by atoms with van der Waals surface area (Å²) in [6.07, 6.45) is 4.04. The van der Waals surface area contributed by atoms with Crippen molar-refractivity contribution in [1.82, 2.24) is 29.6 Å². The van der Waals surface area contributed by atoms with E-state index in [1.54, 1.807) is 46.9 Å². The summed E-state index contributed by atoms with van der Waals surface area (Å²) < 4.78 is 28.4. The Kier molecular flexibility index (Phi) is 15.1. The number of amides is 2. The molecule has 4 aromatic carbocycles. The maximum absolute atomic E-state index is 15.4. The van der Waals surface area contributed by atoms with Gasteiger partial charge in [0.15, 0.2) is 5.78 Å². The normalized spacial score (nSPS) is 18.8. The van der Waals surface area contributed by atoms with Crippen molar-refractivity contribution in [1.29, 1.82) is 0 Å². The number of Topliss-reactive ketones (excluding diaryl/α,β-unsaturated/α-hetero) is 1. The fourth-order valence-corrected chi connectivity index (χ4v) is 12.7. The topological polar surface area (TPSA) is 96.4 Å². The van der Waals surface area contributed by atoms with Crippen molar-refractivity contribution in [3.63, 3.8) is 0 Å². The van der Waals surface area contributed by atoms with Gasteiger partial charge in [-0.2, -0.15) is 0 Å². The number of benzene rings is 4. The number of piperazine rings is 2. The third kappa shape index (κ3) is 11.2. The van der Waals surface area contributed by atoms with Gasteiger partial charge in [0.25, 0.3) is 11.8 Å². The van der Waals surface area contributed by atoms with E-state index >= 15 is 4.79 Å². The summed E-state index contributed by atoms with van der Waals surface area (Å²) in [6.45, 7) is 8.37. The predicted molar refractivity (Wildman–Crippen MR) is 273 cm³/mol. The molecule has 4 saturated heterocycles. The average Bonchev–Trinajstić information content (AvgIpc) is 4.13. The van der Waals surface area contributed by atoms with E-state index in [9.17, 15) is 18.4 Å². The lowest BCUT2D eigenvalue weighted by Crippen LogP contribution is -2.55. The molecule has 4 fully saturated rings. The molecular formula is C55H60F2N8O3S2. The van der Waals surface area contributed by atoms with Crippen molar-refractivity contribution >= 4 is 51.6 Å². The van der Waals surface area contributed by atoms with E-state index in [2.05, 4.69) is 43.9 Å². The lowest BCUT2D eigenvalue weighted by atomic mass is 9.87. The fraction of sp³-hybridized carbons (Fsp3) is 0.400. The molecule has 4 aliphatic heterocycles. The third-order valence-electron chi connectivity index (χ3n) is 14.8. The molecule has 2 amide bonds. The van der Waals surface area contributed by atoms with Crippen LogP contribution in [0.25, 0.3) is 0 Å². The summed E-state index contributed by atoms with van der Waals surface area (Å²) >= 11 is 3.10. The Hall–Kier alpha value is -5.87. The Bertz CT molecular complexity index is 2490. The van der Waals surface area contributed by atoms with Crippen LogP contribution in [-0.2, 0) is 17.6 Å². The van der Waals surface area contributed by atoms with E-state index in [4.69, 9.17) is 9.97 Å². The maximum atomic E-state index is 15.4. The van der Waals surface area contributed by atoms with E-state index in [1.165, 1.54) is 35.6 Å². The molecule has 11 nitrogen and oxygen atoms in total. The molecule has 2 atom stereocenters. The molecule has 364 valence electrons. The van der Waals surface area contributed by atoms with Crippen LogP contribution >= 0.6 is 22.7 Å². The molecule has 2 aromatic heterocycles. The van der Waals surface area contributed by atoms with Crippen molar-refractivity contribution in [2.24, 2.45) is 0 Å². The first-order valence-electron chi connectivity index (χ1n) is 24.8. The largest absolute Gasteiger partial charge is 0.368 e. The zero-order valence-corrected chi connectivity index (χ0v) is 41.1. The van der Waals surface area contributed by atoms with Gasteiger partial charge in [-0.25, -0.2) is 18.7 Å². The van der Waals surface area contributed by atoms with Crippen LogP contribution in [0.1, 0.15) is 79.6 Å². The van der Waals surface area contributed by atoms with Crippen LogP contribution in [0.4, 0.5) is 20.2 Å². The van der Waals surface area contributed by atoms with Crippen LogP contribution in [0, 0.1) is 11.6 Å². The molecule has 6 heterocycles. The first-order valence-corrected chi connectivity index (χ1v) is 26.6. The van der Waals surface area contributed by atoms with Crippen molar-refractivity contribution in [3.8, 4) is 0 Å². The molecule has 0 aliphatic carbocycles. The van der Waals surface area contributed by atoms with E-state index < -0.39 is 12.1 Å². The van der Waals surface area contributed by atoms with Gasteiger partial charge in [0.05, 0.1) is 22.1 Å². The molecule has 2 unspecified atom stereocenters. The minimum atomic E-state index is -0.473. The molecule has 0 bridgehead atoms. The van der Waals surface area contributed by atoms with Gasteiger partial charge >= 0.3 is 0 Å². The molecular weight excluding hydrogens is 923 g/mol. The molecule has 15 heteroatoms. The van der Waals surface area contributed by atoms with Crippen molar-refractivity contribution in [3.05, 3.63) is 164 Å². The number of halogens is 2. The lowest BCUT2D eigenvalue weighted by molar-refractivity contribution is -0.130. The highest BCUT2D eigenvalue weighted by molar-refractivity contribution is 7.10. The van der Waals surface area contributed by atoms with Crippen LogP contribution in [0.2, 0.25) is 0 Å². The van der Waals surface area contributed by atoms with Crippen LogP contribution in [0.3, 0.4) is 0 Å². The Morgan fingerprint density at radius 1 is 0.486 bits per heavy atom. The van der Waals surface area contributed by atoms with Crippen LogP contribution < -0.4 is 9.80 Å². The number of rotatable bonds is 14. The summed E-state index contributed by atoms with van der Waals surface area (Å²) in [5.41, 5.74) is 5.13. The monoisotopic (exact) mass is 982 g/mol. The summed E-state index contributed by atoms with van der Waals surface area (Å²) in [6, 6.07) is 32.6. The standard InChI is InChI=1S/C55H60F2N8O3S2/c56-43-15-11-39(12-16-43)35-49(62-23-19-41(20-24-62)52-58-47(37-69-52)54(67)64-31-27-60(28-32-64)45-7-3-1-4-8-45)51(66)50(36-40-13-17-44(57)18-14-40)63-25-21-42(22-26-63)53-59-48(38-70-53)55(68)65-33-29-61(30-34-65)46-9-5-2-6-10-46/h1-18,37-38,41-42,49-50H,19-36H2. The van der Waals surface area contributed by atoms with E-state index in [0.717, 1.165) is 73.0 Å². The minimum Gasteiger partial charge on any atom is -0.368 e. The number of anilines is 2. The Morgan fingerprint density at radius 2 is 0.843 bits per heavy atom. The quantitative estimate of drug-likeness (QED) is 0.106. The van der Waals surface area contributed by atoms with E-state index in [-0.39, 0.29) is 41.1 Å². The number of hydrogen-bond donors (Lipinski definition) is 0. The fourth-order valence-electron chi connectivity index (χ4n) is 10.7. The van der Waals surface area contributed by atoms with Crippen molar-refractivity contribution < 1.29 is 23.2 Å². The number of hydrogen-bond acceptors (Lipinski definition) is 11. The second kappa shape index (κ2) is 22.0. The molecule has 6 aromatic rings. The van der Waals surface area contributed by atoms with Crippen molar-refractivity contribution in [2.75, 3.05) is 88.3 Å². The second-order valence-electron chi connectivity index (χ2n) is 19.1. The summed E-state index contributed by atoms with van der Waals surface area (Å²) in [5.74, 6) is -0.250. The van der Waals surface area contributed by atoms with Gasteiger partial charge in [-0.1, -0.05) is 60.7 Å². The molecule has 0 N–H and O–H groups in total. The zero-order chi connectivity index (χ0) is 48.0. The van der Waals surface area contributed by atoms with Gasteiger partial charge in [-0.15, -0.1) is 22.7 Å². The molecule has 4 aliphatic rings. The number of aromatic nitrogens is 2. The number of carbonyl (C=O) groups excluding carboxylic acids is 3. The first kappa shape index (κ1) is 47.8. The molecule has 0 saturated carbocycles. The summed E-state index contributed by atoms with van der Waals surface area (Å²) in [7, 11) is 0. The highest BCUT2D eigenvalue weighted by Crippen LogP contribution is 2.35. The molecule has 0 radical (unpaired) electrons. The Balaban J connectivity index is 0.798. The number of thiazole rings is 2. The van der Waals surface area contributed by atoms with Gasteiger partial charge in [-0.3, -0.25) is 24.2 Å². The first-order chi connectivity index (χ1) is 34.2. The van der Waals surface area contributed by atoms with Gasteiger partial charge in [0.1, 0.15) is 23.0 Å². The van der Waals surface area contributed by atoms with Gasteiger partial charge in [-0.05, 0) is 124 Å². The van der Waals surface area contributed by atoms with E-state index in [0.29, 0.717) is 76.6 Å². The van der Waals surface area contributed by atoms with Crippen LogP contribution in [-0.4, -0.2) is 138 Å². The highest BCUT2D eigenvalue weighted by Gasteiger charge is 2.39. The molecule has 0 spiro atoms. The number of piperidine rings is 2. The maximum Gasteiger partial charge on any atom is 0.273 e. The number of ketones is 1. The Labute approximate surface area is 417 Å². The number of nitrogens with zero attached hydrogens (tertiary/aromatic N) is 8. The number of para-hydroxylation sites is 2. The smallest absolute Gasteiger partial charge is 0.273 e. The SMILES string of the molecule is O=C(C(Cc1ccc(F)cc1)N1CCC(c2nc(C(=O)N3CCN(c4ccccc4)CC3)cs2)CC1)C(Cc1ccc(F)cc1)N1CCC(c2nc(C(=O)N3CCN(c4ccccc4)CC3)cs2)CC1. The van der Waals surface area contributed by atoms with Crippen molar-refractivity contribution in [2.45, 2.75) is 62.4 Å². The van der Waals surface area contributed by atoms with E-state index in [1.807, 2.05) is 57.0 Å².